The number of carbonyl (C=O) groups is 2. The lowest BCUT2D eigenvalue weighted by Crippen LogP contribution is -2.46. The fraction of sp³-hybridized carbons (Fsp3) is 0.500. The van der Waals surface area contributed by atoms with Gasteiger partial charge in [0.2, 0.25) is 15.9 Å². The first-order chi connectivity index (χ1) is 11.2. The number of nitrogens with zero attached hydrogens (tertiary/aromatic N) is 2. The normalized spacial score (nSPS) is 16.2. The number of rotatable bonds is 4. The predicted octanol–water partition coefficient (Wildman–Crippen LogP) is 0.678. The van der Waals surface area contributed by atoms with E-state index in [0.29, 0.717) is 18.7 Å². The van der Waals surface area contributed by atoms with Crippen LogP contribution in [-0.4, -0.2) is 62.7 Å². The summed E-state index contributed by atoms with van der Waals surface area (Å²) in [5.41, 5.74) is 0.464. The molecule has 132 valence electrons. The Hall–Kier alpha value is -1.93. The predicted molar refractivity (Wildman–Crippen MR) is 90.1 cm³/mol. The summed E-state index contributed by atoms with van der Waals surface area (Å²) in [5.74, 6) is -0.178. The summed E-state index contributed by atoms with van der Waals surface area (Å²) >= 11 is 0. The van der Waals surface area contributed by atoms with Gasteiger partial charge in [-0.05, 0) is 37.1 Å². The van der Waals surface area contributed by atoms with Crippen LogP contribution in [0.2, 0.25) is 0 Å². The first-order valence-electron chi connectivity index (χ1n) is 7.81. The molecule has 0 aliphatic carbocycles. The van der Waals surface area contributed by atoms with Gasteiger partial charge in [-0.3, -0.25) is 9.59 Å². The molecule has 1 N–H and O–H groups in total. The summed E-state index contributed by atoms with van der Waals surface area (Å²) in [5, 5.41) is 2.87. The van der Waals surface area contributed by atoms with Crippen LogP contribution in [-0.2, 0) is 14.8 Å². The summed E-state index contributed by atoms with van der Waals surface area (Å²) in [6, 6.07) is 6.09. The lowest BCUT2D eigenvalue weighted by Gasteiger charge is -2.32. The van der Waals surface area contributed by atoms with Crippen molar-refractivity contribution in [3.8, 4) is 0 Å². The molecule has 2 amide bonds. The van der Waals surface area contributed by atoms with E-state index in [1.54, 1.807) is 17.0 Å². The Balaban J connectivity index is 2.03. The highest BCUT2D eigenvalue weighted by Gasteiger charge is 2.24. The first-order valence-corrected chi connectivity index (χ1v) is 9.25. The van der Waals surface area contributed by atoms with Crippen LogP contribution in [0.4, 0.5) is 0 Å². The van der Waals surface area contributed by atoms with Gasteiger partial charge < -0.3 is 10.2 Å². The molecular weight excluding hydrogens is 330 g/mol. The lowest BCUT2D eigenvalue weighted by molar-refractivity contribution is -0.119. The quantitative estimate of drug-likeness (QED) is 0.862. The minimum atomic E-state index is -3.49. The van der Waals surface area contributed by atoms with E-state index < -0.39 is 10.0 Å². The summed E-state index contributed by atoms with van der Waals surface area (Å²) in [6.45, 7) is 2.63. The number of piperidine rings is 1. The Kier molecular flexibility index (Phi) is 5.61. The van der Waals surface area contributed by atoms with Crippen molar-refractivity contribution in [2.24, 2.45) is 0 Å². The average molecular weight is 353 g/mol. The molecule has 0 saturated carbocycles. The maximum absolute atomic E-state index is 12.5. The van der Waals surface area contributed by atoms with Crippen LogP contribution in [0.3, 0.4) is 0 Å². The molecule has 1 aromatic carbocycles. The Morgan fingerprint density at radius 1 is 1.12 bits per heavy atom. The van der Waals surface area contributed by atoms with Crippen molar-refractivity contribution in [1.29, 1.82) is 0 Å². The van der Waals surface area contributed by atoms with Gasteiger partial charge in [-0.25, -0.2) is 12.7 Å². The van der Waals surface area contributed by atoms with E-state index in [2.05, 4.69) is 5.32 Å². The van der Waals surface area contributed by atoms with Crippen molar-refractivity contribution in [1.82, 2.24) is 14.5 Å². The van der Waals surface area contributed by atoms with Crippen LogP contribution < -0.4 is 5.32 Å². The highest BCUT2D eigenvalue weighted by atomic mass is 32.2. The second-order valence-electron chi connectivity index (χ2n) is 6.08. The molecule has 24 heavy (non-hydrogen) atoms. The van der Waals surface area contributed by atoms with Crippen molar-refractivity contribution in [2.75, 3.05) is 27.2 Å². The van der Waals surface area contributed by atoms with Gasteiger partial charge in [0.25, 0.3) is 5.91 Å². The third-order valence-corrected chi connectivity index (χ3v) is 5.90. The van der Waals surface area contributed by atoms with Crippen LogP contribution in [0, 0.1) is 0 Å². The molecule has 0 spiro atoms. The molecule has 1 aliphatic heterocycles. The molecule has 8 heteroatoms. The topological polar surface area (TPSA) is 86.8 Å². The van der Waals surface area contributed by atoms with E-state index in [1.165, 1.54) is 33.2 Å². The molecule has 1 saturated heterocycles. The number of sulfonamides is 1. The van der Waals surface area contributed by atoms with E-state index in [0.717, 1.165) is 17.1 Å². The zero-order valence-corrected chi connectivity index (χ0v) is 15.0. The molecule has 1 aliphatic rings. The van der Waals surface area contributed by atoms with Crippen molar-refractivity contribution >= 4 is 21.8 Å². The number of hydrogen-bond donors (Lipinski definition) is 1. The summed E-state index contributed by atoms with van der Waals surface area (Å²) in [4.78, 5) is 25.5. The van der Waals surface area contributed by atoms with E-state index in [4.69, 9.17) is 0 Å². The zero-order valence-electron chi connectivity index (χ0n) is 14.2. The average Bonchev–Trinajstić information content (AvgIpc) is 2.54. The van der Waals surface area contributed by atoms with Gasteiger partial charge in [0.05, 0.1) is 4.90 Å². The molecule has 2 rings (SSSR count). The summed E-state index contributed by atoms with van der Waals surface area (Å²) in [7, 11) is -0.563. The fourth-order valence-electron chi connectivity index (χ4n) is 2.68. The molecular formula is C16H23N3O4S. The maximum Gasteiger partial charge on any atom is 0.253 e. The van der Waals surface area contributed by atoms with Crippen LogP contribution in [0.25, 0.3) is 0 Å². The molecule has 1 fully saturated rings. The fourth-order valence-corrected chi connectivity index (χ4v) is 3.58. The van der Waals surface area contributed by atoms with Crippen molar-refractivity contribution in [3.05, 3.63) is 29.8 Å². The Bertz CT molecular complexity index is 705. The van der Waals surface area contributed by atoms with Gasteiger partial charge >= 0.3 is 0 Å². The SMILES string of the molecule is CC(=O)NC1CCN(C(=O)c2ccc(S(=O)(=O)N(C)C)cc2)CC1. The second-order valence-corrected chi connectivity index (χ2v) is 8.23. The Labute approximate surface area is 142 Å². The molecule has 0 unspecified atom stereocenters. The van der Waals surface area contributed by atoms with Crippen LogP contribution in [0.1, 0.15) is 30.1 Å². The van der Waals surface area contributed by atoms with Gasteiger partial charge in [0.15, 0.2) is 0 Å². The minimum absolute atomic E-state index is 0.0579. The zero-order chi connectivity index (χ0) is 17.9. The molecule has 0 radical (unpaired) electrons. The number of likely N-dealkylation sites (tertiary alicyclic amines) is 1. The number of hydrogen-bond acceptors (Lipinski definition) is 4. The molecule has 7 nitrogen and oxygen atoms in total. The maximum atomic E-state index is 12.5. The van der Waals surface area contributed by atoms with Gasteiger partial charge in [-0.1, -0.05) is 0 Å². The summed E-state index contributed by atoms with van der Waals surface area (Å²) < 4.78 is 25.2. The highest BCUT2D eigenvalue weighted by molar-refractivity contribution is 7.89. The minimum Gasteiger partial charge on any atom is -0.353 e. The standard InChI is InChI=1S/C16H23N3O4S/c1-12(20)17-14-8-10-19(11-9-14)16(21)13-4-6-15(7-5-13)24(22,23)18(2)3/h4-7,14H,8-11H2,1-3H3,(H,17,20). The van der Waals surface area contributed by atoms with Crippen molar-refractivity contribution < 1.29 is 18.0 Å². The first kappa shape index (κ1) is 18.4. The number of benzene rings is 1. The lowest BCUT2D eigenvalue weighted by atomic mass is 10.0. The van der Waals surface area contributed by atoms with Gasteiger partial charge in [-0.15, -0.1) is 0 Å². The third-order valence-electron chi connectivity index (χ3n) is 4.07. The monoisotopic (exact) mass is 353 g/mol. The van der Waals surface area contributed by atoms with E-state index >= 15 is 0 Å². The molecule has 0 aromatic heterocycles. The molecule has 1 aromatic rings. The Morgan fingerprint density at radius 3 is 2.12 bits per heavy atom. The number of amides is 2. The number of carbonyl (C=O) groups excluding carboxylic acids is 2. The highest BCUT2D eigenvalue weighted by Crippen LogP contribution is 2.17. The van der Waals surface area contributed by atoms with Crippen molar-refractivity contribution in [3.63, 3.8) is 0 Å². The molecule has 1 heterocycles. The smallest absolute Gasteiger partial charge is 0.253 e. The van der Waals surface area contributed by atoms with E-state index in [-0.39, 0.29) is 22.8 Å². The number of nitrogens with one attached hydrogen (secondary N) is 1. The van der Waals surface area contributed by atoms with Gasteiger partial charge in [0.1, 0.15) is 0 Å². The van der Waals surface area contributed by atoms with Crippen molar-refractivity contribution in [2.45, 2.75) is 30.7 Å². The second kappa shape index (κ2) is 7.31. The van der Waals surface area contributed by atoms with E-state index in [9.17, 15) is 18.0 Å². The van der Waals surface area contributed by atoms with E-state index in [1.807, 2.05) is 0 Å². The summed E-state index contributed by atoms with van der Waals surface area (Å²) in [6.07, 6.45) is 1.44. The molecule has 0 bridgehead atoms. The van der Waals surface area contributed by atoms with Gasteiger partial charge in [0, 0.05) is 45.7 Å². The Morgan fingerprint density at radius 2 is 1.67 bits per heavy atom. The van der Waals surface area contributed by atoms with Crippen LogP contribution in [0.15, 0.2) is 29.2 Å². The van der Waals surface area contributed by atoms with Gasteiger partial charge in [-0.2, -0.15) is 0 Å². The third kappa shape index (κ3) is 4.12. The van der Waals surface area contributed by atoms with Crippen LogP contribution in [0.5, 0.6) is 0 Å². The van der Waals surface area contributed by atoms with Crippen LogP contribution >= 0.6 is 0 Å². The largest absolute Gasteiger partial charge is 0.353 e. The molecule has 0 atom stereocenters.